The molecule has 0 bridgehead atoms. The highest BCUT2D eigenvalue weighted by Crippen LogP contribution is 2.21. The van der Waals surface area contributed by atoms with E-state index in [1.807, 2.05) is 12.1 Å². The summed E-state index contributed by atoms with van der Waals surface area (Å²) in [5.41, 5.74) is 3.64. The fourth-order valence-electron chi connectivity index (χ4n) is 1.43. The van der Waals surface area contributed by atoms with Gasteiger partial charge in [-0.2, -0.15) is 0 Å². The molecule has 3 nitrogen and oxygen atoms in total. The van der Waals surface area contributed by atoms with Crippen LogP contribution in [0, 0.1) is 13.8 Å². The Kier molecular flexibility index (Phi) is 3.52. The predicted octanol–water partition coefficient (Wildman–Crippen LogP) is 2.92. The van der Waals surface area contributed by atoms with Gasteiger partial charge >= 0.3 is 0 Å². The van der Waals surface area contributed by atoms with Crippen LogP contribution < -0.4 is 6.15 Å². The SMILES string of the molecule is Cc1cccc(-c2ncccn2)c1C.N. The Morgan fingerprint density at radius 3 is 2.27 bits per heavy atom. The number of aryl methyl sites for hydroxylation is 1. The van der Waals surface area contributed by atoms with E-state index in [0.29, 0.717) is 0 Å². The minimum absolute atomic E-state index is 0. The van der Waals surface area contributed by atoms with Crippen molar-refractivity contribution in [3.05, 3.63) is 47.8 Å². The molecule has 0 aliphatic carbocycles. The molecule has 0 amide bonds. The standard InChI is InChI=1S/C12H12N2.H3N/c1-9-5-3-6-11(10(9)2)12-13-7-4-8-14-12;/h3-8H,1-2H3;1H3. The quantitative estimate of drug-likeness (QED) is 0.771. The lowest BCUT2D eigenvalue weighted by Crippen LogP contribution is -1.91. The summed E-state index contributed by atoms with van der Waals surface area (Å²) >= 11 is 0. The number of hydrogen-bond donors (Lipinski definition) is 1. The first kappa shape index (κ1) is 11.3. The van der Waals surface area contributed by atoms with Gasteiger partial charge in [0.15, 0.2) is 5.82 Å². The first-order valence-electron chi connectivity index (χ1n) is 4.62. The molecule has 0 unspecified atom stereocenters. The van der Waals surface area contributed by atoms with Crippen molar-refractivity contribution in [2.45, 2.75) is 13.8 Å². The van der Waals surface area contributed by atoms with Gasteiger partial charge in [-0.05, 0) is 31.0 Å². The predicted molar refractivity (Wildman–Crippen MR) is 62.0 cm³/mol. The van der Waals surface area contributed by atoms with E-state index in [-0.39, 0.29) is 6.15 Å². The van der Waals surface area contributed by atoms with Crippen LogP contribution in [0.5, 0.6) is 0 Å². The van der Waals surface area contributed by atoms with Crippen LogP contribution in [0.4, 0.5) is 0 Å². The van der Waals surface area contributed by atoms with Gasteiger partial charge in [0.1, 0.15) is 0 Å². The highest BCUT2D eigenvalue weighted by Gasteiger charge is 2.04. The highest BCUT2D eigenvalue weighted by molar-refractivity contribution is 5.61. The number of aromatic nitrogens is 2. The van der Waals surface area contributed by atoms with Crippen LogP contribution in [0.25, 0.3) is 11.4 Å². The molecular formula is C12H15N3. The van der Waals surface area contributed by atoms with Crippen molar-refractivity contribution in [1.29, 1.82) is 0 Å². The average Bonchev–Trinajstić information content (AvgIpc) is 2.23. The molecule has 1 aromatic heterocycles. The molecule has 2 aromatic rings. The molecule has 78 valence electrons. The van der Waals surface area contributed by atoms with E-state index in [0.717, 1.165) is 11.4 Å². The average molecular weight is 201 g/mol. The van der Waals surface area contributed by atoms with E-state index < -0.39 is 0 Å². The summed E-state index contributed by atoms with van der Waals surface area (Å²) in [4.78, 5) is 8.48. The number of rotatable bonds is 1. The first-order chi connectivity index (χ1) is 6.79. The van der Waals surface area contributed by atoms with E-state index in [9.17, 15) is 0 Å². The van der Waals surface area contributed by atoms with E-state index in [2.05, 4.69) is 35.9 Å². The Morgan fingerprint density at radius 1 is 0.933 bits per heavy atom. The highest BCUT2D eigenvalue weighted by atomic mass is 14.8. The Bertz CT molecular complexity index is 438. The van der Waals surface area contributed by atoms with Crippen molar-refractivity contribution in [2.75, 3.05) is 0 Å². The van der Waals surface area contributed by atoms with Crippen molar-refractivity contribution >= 4 is 0 Å². The molecule has 0 spiro atoms. The molecule has 3 N–H and O–H groups in total. The second-order valence-corrected chi connectivity index (χ2v) is 3.32. The maximum atomic E-state index is 4.24. The van der Waals surface area contributed by atoms with E-state index in [4.69, 9.17) is 0 Å². The van der Waals surface area contributed by atoms with Crippen molar-refractivity contribution in [3.8, 4) is 11.4 Å². The molecule has 0 aliphatic rings. The lowest BCUT2D eigenvalue weighted by molar-refractivity contribution is 1.16. The van der Waals surface area contributed by atoms with Crippen LogP contribution >= 0.6 is 0 Å². The van der Waals surface area contributed by atoms with E-state index >= 15 is 0 Å². The van der Waals surface area contributed by atoms with Gasteiger partial charge in [0.25, 0.3) is 0 Å². The van der Waals surface area contributed by atoms with Gasteiger partial charge in [0.05, 0.1) is 0 Å². The third kappa shape index (κ3) is 2.19. The smallest absolute Gasteiger partial charge is 0.159 e. The summed E-state index contributed by atoms with van der Waals surface area (Å²) in [7, 11) is 0. The Balaban J connectivity index is 0.00000112. The lowest BCUT2D eigenvalue weighted by atomic mass is 10.0. The van der Waals surface area contributed by atoms with Crippen LogP contribution in [-0.4, -0.2) is 9.97 Å². The van der Waals surface area contributed by atoms with Crippen LogP contribution in [0.3, 0.4) is 0 Å². The normalized spacial score (nSPS) is 9.47. The van der Waals surface area contributed by atoms with E-state index in [1.54, 1.807) is 12.4 Å². The Morgan fingerprint density at radius 2 is 1.60 bits per heavy atom. The van der Waals surface area contributed by atoms with Crippen LogP contribution in [0.15, 0.2) is 36.7 Å². The third-order valence-electron chi connectivity index (χ3n) is 2.41. The summed E-state index contributed by atoms with van der Waals surface area (Å²) in [5.74, 6) is 0.800. The summed E-state index contributed by atoms with van der Waals surface area (Å²) in [5, 5.41) is 0. The van der Waals surface area contributed by atoms with Crippen molar-refractivity contribution in [3.63, 3.8) is 0 Å². The molecular weight excluding hydrogens is 186 g/mol. The second-order valence-electron chi connectivity index (χ2n) is 3.32. The molecule has 3 heteroatoms. The van der Waals surface area contributed by atoms with Gasteiger partial charge in [0, 0.05) is 18.0 Å². The molecule has 0 atom stereocenters. The molecule has 15 heavy (non-hydrogen) atoms. The molecule has 1 aromatic carbocycles. The van der Waals surface area contributed by atoms with Crippen LogP contribution in [0.2, 0.25) is 0 Å². The van der Waals surface area contributed by atoms with Gasteiger partial charge in [0.2, 0.25) is 0 Å². The first-order valence-corrected chi connectivity index (χ1v) is 4.62. The van der Waals surface area contributed by atoms with Crippen molar-refractivity contribution in [1.82, 2.24) is 16.1 Å². The largest absolute Gasteiger partial charge is 0.344 e. The van der Waals surface area contributed by atoms with Gasteiger partial charge in [-0.15, -0.1) is 0 Å². The monoisotopic (exact) mass is 201 g/mol. The molecule has 0 aliphatic heterocycles. The number of nitrogens with zero attached hydrogens (tertiary/aromatic N) is 2. The zero-order valence-corrected chi connectivity index (χ0v) is 9.07. The molecule has 0 saturated heterocycles. The minimum Gasteiger partial charge on any atom is -0.344 e. The Labute approximate surface area is 89.8 Å². The molecule has 0 saturated carbocycles. The van der Waals surface area contributed by atoms with Crippen LogP contribution in [0.1, 0.15) is 11.1 Å². The van der Waals surface area contributed by atoms with Gasteiger partial charge < -0.3 is 6.15 Å². The van der Waals surface area contributed by atoms with Gasteiger partial charge in [-0.1, -0.05) is 18.2 Å². The summed E-state index contributed by atoms with van der Waals surface area (Å²) in [6, 6.07) is 8.02. The lowest BCUT2D eigenvalue weighted by Gasteiger charge is -2.05. The molecule has 0 radical (unpaired) electrons. The van der Waals surface area contributed by atoms with Gasteiger partial charge in [-0.3, -0.25) is 0 Å². The number of hydrogen-bond acceptors (Lipinski definition) is 3. The van der Waals surface area contributed by atoms with Crippen LogP contribution in [-0.2, 0) is 0 Å². The van der Waals surface area contributed by atoms with Crippen molar-refractivity contribution < 1.29 is 0 Å². The summed E-state index contributed by atoms with van der Waals surface area (Å²) in [6.07, 6.45) is 3.54. The van der Waals surface area contributed by atoms with Crippen molar-refractivity contribution in [2.24, 2.45) is 0 Å². The minimum atomic E-state index is 0. The fraction of sp³-hybridized carbons (Fsp3) is 0.167. The maximum absolute atomic E-state index is 4.24. The zero-order valence-electron chi connectivity index (χ0n) is 9.07. The number of benzene rings is 1. The molecule has 1 heterocycles. The summed E-state index contributed by atoms with van der Waals surface area (Å²) in [6.45, 7) is 4.20. The molecule has 2 rings (SSSR count). The zero-order chi connectivity index (χ0) is 9.97. The Hall–Kier alpha value is -1.74. The summed E-state index contributed by atoms with van der Waals surface area (Å²) < 4.78 is 0. The topological polar surface area (TPSA) is 60.8 Å². The van der Waals surface area contributed by atoms with E-state index in [1.165, 1.54) is 11.1 Å². The third-order valence-corrected chi connectivity index (χ3v) is 2.41. The fourth-order valence-corrected chi connectivity index (χ4v) is 1.43. The molecule has 0 fully saturated rings. The van der Waals surface area contributed by atoms with Gasteiger partial charge in [-0.25, -0.2) is 9.97 Å². The second kappa shape index (κ2) is 4.66. The maximum Gasteiger partial charge on any atom is 0.159 e.